The zero-order chi connectivity index (χ0) is 60.7. The van der Waals surface area contributed by atoms with E-state index in [4.69, 9.17) is 28.4 Å². The van der Waals surface area contributed by atoms with Crippen molar-refractivity contribution in [3.8, 4) is 0 Å². The Morgan fingerprint density at radius 1 is 0.714 bits per heavy atom. The highest BCUT2D eigenvalue weighted by atomic mass is 16.6. The maximum atomic E-state index is 13.9. The van der Waals surface area contributed by atoms with Crippen LogP contribution in [0.5, 0.6) is 0 Å². The predicted molar refractivity (Wildman–Crippen MR) is 295 cm³/mol. The van der Waals surface area contributed by atoms with E-state index < -0.39 is 102 Å². The third-order valence-electron chi connectivity index (χ3n) is 13.3. The molecule has 2 aromatic carbocycles. The van der Waals surface area contributed by atoms with Gasteiger partial charge in [-0.15, -0.1) is 5.10 Å². The van der Waals surface area contributed by atoms with Crippen LogP contribution in [0.3, 0.4) is 0 Å². The van der Waals surface area contributed by atoms with Crippen LogP contribution in [-0.4, -0.2) is 168 Å². The second-order valence-corrected chi connectivity index (χ2v) is 20.7. The number of anilines is 1. The first kappa shape index (κ1) is 64.5. The lowest BCUT2D eigenvalue weighted by atomic mass is 9.96. The van der Waals surface area contributed by atoms with Gasteiger partial charge in [0.05, 0.1) is 69.2 Å². The van der Waals surface area contributed by atoms with Gasteiger partial charge in [0.25, 0.3) is 11.8 Å². The molecule has 1 unspecified atom stereocenters. The lowest BCUT2D eigenvalue weighted by molar-refractivity contribution is -0.139. The van der Waals surface area contributed by atoms with Crippen LogP contribution < -0.4 is 37.2 Å². The van der Waals surface area contributed by atoms with Gasteiger partial charge in [-0.3, -0.25) is 53.9 Å². The van der Waals surface area contributed by atoms with Crippen LogP contribution in [-0.2, 0) is 81.7 Å². The normalized spacial score (nSPS) is 17.2. The number of carbonyl (C=O) groups excluding carboxylic acids is 11. The zero-order valence-corrected chi connectivity index (χ0v) is 47.5. The number of nitrogens with zero attached hydrogens (tertiary/aromatic N) is 4. The Kier molecular flexibility index (Phi) is 24.8. The Hall–Kier alpha value is -8.63. The molecule has 7 N–H and O–H groups in total. The number of imide groups is 2. The van der Waals surface area contributed by atoms with Crippen LogP contribution >= 0.6 is 0 Å². The Labute approximate surface area is 484 Å². The van der Waals surface area contributed by atoms with Crippen LogP contribution in [0, 0.1) is 17.8 Å². The maximum Gasteiger partial charge on any atom is 0.411 e. The highest BCUT2D eigenvalue weighted by Gasteiger charge is 2.46. The minimum atomic E-state index is -1.15. The van der Waals surface area contributed by atoms with Crippen molar-refractivity contribution < 1.29 is 81.2 Å². The molecule has 3 aromatic rings. The summed E-state index contributed by atoms with van der Waals surface area (Å²) in [5.74, 6) is -6.34. The highest BCUT2D eigenvalue weighted by Crippen LogP contribution is 2.32. The molecule has 0 spiro atoms. The van der Waals surface area contributed by atoms with Gasteiger partial charge in [-0.05, 0) is 62.1 Å². The number of rotatable bonds is 32. The van der Waals surface area contributed by atoms with E-state index in [1.54, 1.807) is 20.0 Å². The molecule has 2 saturated heterocycles. The summed E-state index contributed by atoms with van der Waals surface area (Å²) < 4.78 is 33.8. The summed E-state index contributed by atoms with van der Waals surface area (Å²) in [5, 5.41) is 26.1. The third-order valence-corrected chi connectivity index (χ3v) is 13.3. The van der Waals surface area contributed by atoms with Gasteiger partial charge in [0, 0.05) is 31.0 Å². The Morgan fingerprint density at radius 2 is 1.43 bits per heavy atom. The van der Waals surface area contributed by atoms with Gasteiger partial charge in [-0.1, -0.05) is 75.4 Å². The van der Waals surface area contributed by atoms with E-state index >= 15 is 0 Å². The lowest BCUT2D eigenvalue weighted by Gasteiger charge is -2.28. The van der Waals surface area contributed by atoms with Crippen LogP contribution in [0.25, 0.3) is 0 Å². The quantitative estimate of drug-likeness (QED) is 0.0153. The third kappa shape index (κ3) is 19.8. The number of esters is 1. The number of nitrogens with one attached hydrogen (secondary N) is 7. The van der Waals surface area contributed by atoms with Gasteiger partial charge in [0.15, 0.2) is 0 Å². The fraction of sp³-hybridized carbons (Fsp3) is 0.518. The number of alkyl carbamates (subject to hydrolysis) is 1. The van der Waals surface area contributed by atoms with Gasteiger partial charge in [-0.25, -0.2) is 19.1 Å². The van der Waals surface area contributed by atoms with E-state index in [0.717, 1.165) is 10.5 Å². The Morgan fingerprint density at radius 3 is 2.11 bits per heavy atom. The van der Waals surface area contributed by atoms with Crippen molar-refractivity contribution in [2.45, 2.75) is 117 Å². The minimum absolute atomic E-state index is 0.00405. The molecule has 3 aliphatic heterocycles. The highest BCUT2D eigenvalue weighted by molar-refractivity contribution is 6.26. The van der Waals surface area contributed by atoms with E-state index in [1.165, 1.54) is 42.0 Å². The summed E-state index contributed by atoms with van der Waals surface area (Å²) >= 11 is 0. The van der Waals surface area contributed by atoms with Crippen LogP contribution in [0.15, 0.2) is 66.9 Å². The number of benzene rings is 2. The first-order chi connectivity index (χ1) is 40.3. The topological polar surface area (TPSA) is 361 Å². The smallest absolute Gasteiger partial charge is 0.411 e. The van der Waals surface area contributed by atoms with Crippen molar-refractivity contribution in [1.29, 1.82) is 0 Å². The number of carbonyl (C=O) groups is 11. The van der Waals surface area contributed by atoms with Gasteiger partial charge in [-0.2, -0.15) is 0 Å². The molecular weight excluding hydrogens is 1100 g/mol. The van der Waals surface area contributed by atoms with Gasteiger partial charge < -0.3 is 55.0 Å². The van der Waals surface area contributed by atoms with E-state index in [0.29, 0.717) is 25.2 Å². The average Bonchev–Trinajstić information content (AvgIpc) is 3.33. The predicted octanol–water partition coefficient (Wildman–Crippen LogP) is 1.57. The Bertz CT molecular complexity index is 2860. The van der Waals surface area contributed by atoms with Gasteiger partial charge in [0.1, 0.15) is 49.7 Å². The Balaban J connectivity index is 0.827. The number of piperidine rings is 1. The molecule has 6 atom stereocenters. The van der Waals surface area contributed by atoms with E-state index in [1.807, 2.05) is 44.2 Å². The molecule has 28 heteroatoms. The molecule has 0 radical (unpaired) electrons. The summed E-state index contributed by atoms with van der Waals surface area (Å²) in [5.41, 5.74) is 1.05. The molecule has 1 aromatic heterocycles. The number of fused-ring (bicyclic) bond motifs is 1. The summed E-state index contributed by atoms with van der Waals surface area (Å²) in [6, 6.07) is 8.18. The second kappa shape index (κ2) is 32.3. The molecule has 2 fully saturated rings. The molecule has 0 aliphatic carbocycles. The van der Waals surface area contributed by atoms with Crippen molar-refractivity contribution in [3.63, 3.8) is 0 Å². The molecule has 84 heavy (non-hydrogen) atoms. The average molecular weight is 1170 g/mol. The minimum Gasteiger partial charge on any atom is -0.458 e. The van der Waals surface area contributed by atoms with Crippen molar-refractivity contribution in [1.82, 2.24) is 51.8 Å². The number of ether oxygens (including phenoxy) is 6. The summed E-state index contributed by atoms with van der Waals surface area (Å²) in [6.07, 6.45) is 3.33. The first-order valence-electron chi connectivity index (χ1n) is 27.7. The zero-order valence-electron chi connectivity index (χ0n) is 47.5. The van der Waals surface area contributed by atoms with Gasteiger partial charge >= 0.3 is 18.2 Å². The molecule has 3 aliphatic rings. The second-order valence-electron chi connectivity index (χ2n) is 20.7. The number of amides is 10. The van der Waals surface area contributed by atoms with Crippen molar-refractivity contribution in [2.24, 2.45) is 17.8 Å². The molecule has 10 amide bonds. The van der Waals surface area contributed by atoms with Crippen molar-refractivity contribution >= 4 is 71.1 Å². The van der Waals surface area contributed by atoms with E-state index in [9.17, 15) is 52.7 Å². The number of hydrogen-bond donors (Lipinski definition) is 7. The lowest BCUT2D eigenvalue weighted by Crippen LogP contribution is -2.58. The van der Waals surface area contributed by atoms with Crippen LogP contribution in [0.1, 0.15) is 98.7 Å². The molecule has 6 rings (SSSR count). The number of aromatic nitrogens is 3. The van der Waals surface area contributed by atoms with Gasteiger partial charge in [0.2, 0.25) is 35.4 Å². The monoisotopic (exact) mass is 1170 g/mol. The van der Waals surface area contributed by atoms with E-state index in [-0.39, 0.29) is 114 Å². The molecule has 4 heterocycles. The fourth-order valence-electron chi connectivity index (χ4n) is 8.99. The van der Waals surface area contributed by atoms with Crippen LogP contribution in [0.4, 0.5) is 15.3 Å². The molecule has 0 saturated carbocycles. The molecule has 28 nitrogen and oxygen atoms in total. The van der Waals surface area contributed by atoms with E-state index in [2.05, 4.69) is 47.5 Å². The fourth-order valence-corrected chi connectivity index (χ4v) is 8.99. The van der Waals surface area contributed by atoms with Crippen molar-refractivity contribution in [2.75, 3.05) is 58.1 Å². The first-order valence-corrected chi connectivity index (χ1v) is 27.7. The van der Waals surface area contributed by atoms with Crippen molar-refractivity contribution in [3.05, 3.63) is 89.3 Å². The standard InChI is InChI=1S/C56H73N11O17/c1-33(2)28-42(50(72)59-38(29-37-18-19-57-49(37)71)14-17-45(69)83-31-36-10-7-6-8-11-36)60-52(74)47(34(3)4)63-48(70)35(5)58-55(77)84-32-39-30-66(65-64-39)20-21-79-22-23-80-24-25-81-26-27-82-56(78)61-41-13-9-12-40-46(41)54(76)67(53(40)75)43-15-16-44(68)62-51(43)73/h6-14,17,30,33-35,37-38,42-43,47H,15-16,18-29,31-32H2,1-5H3,(H,57,71)(H,58,77)(H,59,72)(H,60,74)(H,61,78)(H,63,70)(H,62,68,73)/b17-14+/t35-,37-,38+,42-,43?,47-/m0/s1. The molecular formula is C56H73N11O17. The SMILES string of the molecule is CC(C)C[C@H](NC(=O)[C@@H](NC(=O)[C@H](C)NC(=O)OCc1cn(CCOCCOCCOCCOC(=O)Nc2cccc3c2C(=O)N(C2CCC(=O)NC2=O)C3=O)nn1)C(C)C)C(=O)N[C@H](/C=C/C(=O)OCc1ccccc1)C[C@@H]1CCNC1=O. The number of hydrogen-bond acceptors (Lipinski definition) is 19. The largest absolute Gasteiger partial charge is 0.458 e. The molecule has 454 valence electrons. The summed E-state index contributed by atoms with van der Waals surface area (Å²) in [4.78, 5) is 142. The summed E-state index contributed by atoms with van der Waals surface area (Å²) in [6.45, 7) is 10.2. The molecule has 0 bridgehead atoms. The summed E-state index contributed by atoms with van der Waals surface area (Å²) in [7, 11) is 0. The van der Waals surface area contributed by atoms with Crippen LogP contribution in [0.2, 0.25) is 0 Å². The maximum absolute atomic E-state index is 13.9.